The Balaban J connectivity index is 1.77. The highest BCUT2D eigenvalue weighted by Crippen LogP contribution is 2.25. The van der Waals surface area contributed by atoms with Crippen LogP contribution in [-0.4, -0.2) is 6.04 Å². The van der Waals surface area contributed by atoms with Gasteiger partial charge >= 0.3 is 0 Å². The molecule has 0 fully saturated rings. The number of hydrogen-bond acceptors (Lipinski definition) is 4. The van der Waals surface area contributed by atoms with Crippen molar-refractivity contribution in [3.05, 3.63) is 43.2 Å². The molecule has 2 heterocycles. The number of hydrogen-bond donors (Lipinski definition) is 2. The first-order valence-electron chi connectivity index (χ1n) is 6.00. The molecule has 5 heteroatoms. The van der Waals surface area contributed by atoms with E-state index in [4.69, 9.17) is 5.84 Å². The van der Waals surface area contributed by atoms with E-state index in [0.717, 1.165) is 19.3 Å². The predicted molar refractivity (Wildman–Crippen MR) is 84.1 cm³/mol. The predicted octanol–water partition coefficient (Wildman–Crippen LogP) is 3.97. The summed E-state index contributed by atoms with van der Waals surface area (Å²) in [5, 5.41) is 4.25. The third-order valence-electron chi connectivity index (χ3n) is 2.91. The normalized spacial score (nSPS) is 12.8. The Morgan fingerprint density at radius 3 is 2.78 bits per heavy atom. The van der Waals surface area contributed by atoms with Crippen molar-refractivity contribution in [2.75, 3.05) is 0 Å². The van der Waals surface area contributed by atoms with Crippen LogP contribution in [0.4, 0.5) is 0 Å². The van der Waals surface area contributed by atoms with E-state index >= 15 is 0 Å². The molecule has 0 spiro atoms. The average molecular weight is 345 g/mol. The average Bonchev–Trinajstić information content (AvgIpc) is 3.00. The molecule has 0 amide bonds. The second-order valence-electron chi connectivity index (χ2n) is 4.23. The Morgan fingerprint density at radius 2 is 2.17 bits per heavy atom. The number of halogens is 1. The maximum absolute atomic E-state index is 5.64. The highest BCUT2D eigenvalue weighted by Gasteiger charge is 2.11. The topological polar surface area (TPSA) is 38.0 Å². The fourth-order valence-corrected chi connectivity index (χ4v) is 4.26. The van der Waals surface area contributed by atoms with Gasteiger partial charge in [-0.05, 0) is 64.5 Å². The van der Waals surface area contributed by atoms with Crippen molar-refractivity contribution in [3.63, 3.8) is 0 Å². The Kier molecular flexibility index (Phi) is 5.85. The van der Waals surface area contributed by atoms with Gasteiger partial charge in [-0.2, -0.15) is 0 Å². The van der Waals surface area contributed by atoms with Crippen LogP contribution >= 0.6 is 38.6 Å². The molecule has 0 saturated carbocycles. The molecule has 98 valence electrons. The summed E-state index contributed by atoms with van der Waals surface area (Å²) in [4.78, 5) is 2.83. The SMILES string of the molecule is NNC(CCCc1cccs1)Cc1sccc1Br. The van der Waals surface area contributed by atoms with Gasteiger partial charge in [0.15, 0.2) is 0 Å². The molecule has 0 aliphatic carbocycles. The van der Waals surface area contributed by atoms with Gasteiger partial charge in [0.1, 0.15) is 0 Å². The van der Waals surface area contributed by atoms with Gasteiger partial charge < -0.3 is 0 Å². The molecule has 18 heavy (non-hydrogen) atoms. The lowest BCUT2D eigenvalue weighted by Gasteiger charge is -2.14. The molecule has 2 nitrogen and oxygen atoms in total. The zero-order chi connectivity index (χ0) is 12.8. The number of rotatable bonds is 7. The van der Waals surface area contributed by atoms with E-state index < -0.39 is 0 Å². The number of thiophene rings is 2. The standard InChI is InChI=1S/C13H17BrN2S2/c14-12-6-8-18-13(12)9-10(16-15)3-1-4-11-5-2-7-17-11/h2,5-8,10,16H,1,3-4,9,15H2. The van der Waals surface area contributed by atoms with Gasteiger partial charge in [0.2, 0.25) is 0 Å². The van der Waals surface area contributed by atoms with Crippen molar-refractivity contribution >= 4 is 38.6 Å². The van der Waals surface area contributed by atoms with Crippen LogP contribution in [0.25, 0.3) is 0 Å². The minimum Gasteiger partial charge on any atom is -0.271 e. The van der Waals surface area contributed by atoms with Crippen LogP contribution in [0.3, 0.4) is 0 Å². The van der Waals surface area contributed by atoms with Crippen LogP contribution in [0.1, 0.15) is 22.6 Å². The van der Waals surface area contributed by atoms with Crippen LogP contribution in [0, 0.1) is 0 Å². The van der Waals surface area contributed by atoms with E-state index in [2.05, 4.69) is 50.3 Å². The van der Waals surface area contributed by atoms with Gasteiger partial charge in [0.25, 0.3) is 0 Å². The lowest BCUT2D eigenvalue weighted by atomic mass is 10.1. The number of hydrazine groups is 1. The number of nitrogens with one attached hydrogen (secondary N) is 1. The minimum absolute atomic E-state index is 0.361. The molecule has 0 aromatic carbocycles. The van der Waals surface area contributed by atoms with Crippen LogP contribution in [0.2, 0.25) is 0 Å². The zero-order valence-corrected chi connectivity index (χ0v) is 13.3. The lowest BCUT2D eigenvalue weighted by Crippen LogP contribution is -2.36. The van der Waals surface area contributed by atoms with Crippen LogP contribution < -0.4 is 11.3 Å². The fraction of sp³-hybridized carbons (Fsp3) is 0.385. The first-order chi connectivity index (χ1) is 8.79. The van der Waals surface area contributed by atoms with Gasteiger partial charge in [-0.15, -0.1) is 22.7 Å². The summed E-state index contributed by atoms with van der Waals surface area (Å²) in [6, 6.07) is 6.77. The largest absolute Gasteiger partial charge is 0.271 e. The fourth-order valence-electron chi connectivity index (χ4n) is 1.92. The van der Waals surface area contributed by atoms with Crippen molar-refractivity contribution in [1.82, 2.24) is 5.43 Å². The van der Waals surface area contributed by atoms with Gasteiger partial charge in [-0.1, -0.05) is 6.07 Å². The van der Waals surface area contributed by atoms with E-state index in [0.29, 0.717) is 6.04 Å². The van der Waals surface area contributed by atoms with Gasteiger partial charge in [-0.3, -0.25) is 11.3 Å². The molecule has 0 aliphatic rings. The smallest absolute Gasteiger partial charge is 0.0314 e. The molecule has 3 N–H and O–H groups in total. The zero-order valence-electron chi connectivity index (χ0n) is 10.1. The second-order valence-corrected chi connectivity index (χ2v) is 7.12. The second kappa shape index (κ2) is 7.40. The summed E-state index contributed by atoms with van der Waals surface area (Å²) in [5.41, 5.74) is 2.94. The summed E-state index contributed by atoms with van der Waals surface area (Å²) >= 11 is 7.18. The van der Waals surface area contributed by atoms with Crippen molar-refractivity contribution < 1.29 is 0 Å². The maximum atomic E-state index is 5.64. The van der Waals surface area contributed by atoms with Crippen molar-refractivity contribution in [1.29, 1.82) is 0 Å². The quantitative estimate of drug-likeness (QED) is 0.589. The van der Waals surface area contributed by atoms with Crippen LogP contribution in [0.5, 0.6) is 0 Å². The summed E-state index contributed by atoms with van der Waals surface area (Å²) in [7, 11) is 0. The Hall–Kier alpha value is -0.200. The number of nitrogens with two attached hydrogens (primary N) is 1. The Morgan fingerprint density at radius 1 is 1.28 bits per heavy atom. The van der Waals surface area contributed by atoms with E-state index in [1.165, 1.54) is 20.6 Å². The molecule has 0 saturated heterocycles. The summed E-state index contributed by atoms with van der Waals surface area (Å²) in [6.07, 6.45) is 4.44. The molecule has 2 aromatic heterocycles. The molecular formula is C13H17BrN2S2. The van der Waals surface area contributed by atoms with Crippen molar-refractivity contribution in [2.45, 2.75) is 31.7 Å². The van der Waals surface area contributed by atoms with E-state index in [-0.39, 0.29) is 0 Å². The minimum atomic E-state index is 0.361. The molecule has 0 bridgehead atoms. The third-order valence-corrected chi connectivity index (χ3v) is 5.80. The first-order valence-corrected chi connectivity index (χ1v) is 8.55. The summed E-state index contributed by atoms with van der Waals surface area (Å²) < 4.78 is 1.20. The molecular weight excluding hydrogens is 328 g/mol. The molecule has 1 unspecified atom stereocenters. The maximum Gasteiger partial charge on any atom is 0.0314 e. The number of aryl methyl sites for hydroxylation is 1. The van der Waals surface area contributed by atoms with Gasteiger partial charge in [-0.25, -0.2) is 0 Å². The molecule has 2 aromatic rings. The van der Waals surface area contributed by atoms with Crippen LogP contribution in [-0.2, 0) is 12.8 Å². The van der Waals surface area contributed by atoms with E-state index in [1.54, 1.807) is 11.3 Å². The Bertz CT molecular complexity index is 453. The lowest BCUT2D eigenvalue weighted by molar-refractivity contribution is 0.479. The van der Waals surface area contributed by atoms with E-state index in [9.17, 15) is 0 Å². The summed E-state index contributed by atoms with van der Waals surface area (Å²) in [5.74, 6) is 5.64. The molecule has 1 atom stereocenters. The third kappa shape index (κ3) is 4.17. The molecule has 2 rings (SSSR count). The Labute approximate surface area is 124 Å². The van der Waals surface area contributed by atoms with E-state index in [1.807, 2.05) is 11.3 Å². The summed E-state index contributed by atoms with van der Waals surface area (Å²) in [6.45, 7) is 0. The van der Waals surface area contributed by atoms with Gasteiger partial charge in [0.05, 0.1) is 0 Å². The van der Waals surface area contributed by atoms with Crippen molar-refractivity contribution in [2.24, 2.45) is 5.84 Å². The molecule has 0 aliphatic heterocycles. The van der Waals surface area contributed by atoms with Crippen LogP contribution in [0.15, 0.2) is 33.4 Å². The highest BCUT2D eigenvalue weighted by molar-refractivity contribution is 9.10. The van der Waals surface area contributed by atoms with Gasteiger partial charge in [0, 0.05) is 20.3 Å². The monoisotopic (exact) mass is 344 g/mol. The molecule has 0 radical (unpaired) electrons. The van der Waals surface area contributed by atoms with Crippen molar-refractivity contribution in [3.8, 4) is 0 Å². The highest BCUT2D eigenvalue weighted by atomic mass is 79.9. The first kappa shape index (κ1) is 14.2.